The monoisotopic (exact) mass is 434 g/mol. The van der Waals surface area contributed by atoms with Crippen LogP contribution in [0.25, 0.3) is 11.3 Å². The van der Waals surface area contributed by atoms with E-state index in [1.165, 1.54) is 0 Å². The Hall–Kier alpha value is -2.77. The van der Waals surface area contributed by atoms with Crippen molar-refractivity contribution in [2.24, 2.45) is 0 Å². The molecule has 2 fully saturated rings. The van der Waals surface area contributed by atoms with E-state index >= 15 is 0 Å². The molecule has 31 heavy (non-hydrogen) atoms. The fourth-order valence-corrected chi connectivity index (χ4v) is 6.81. The highest BCUT2D eigenvalue weighted by molar-refractivity contribution is 7.89. The van der Waals surface area contributed by atoms with Crippen molar-refractivity contribution in [1.82, 2.24) is 14.3 Å². The second kappa shape index (κ2) is 8.05. The van der Waals surface area contributed by atoms with Gasteiger partial charge >= 0.3 is 0 Å². The Balaban J connectivity index is 1.35. The molecule has 7 heteroatoms. The van der Waals surface area contributed by atoms with Gasteiger partial charge in [0.05, 0.1) is 10.6 Å². The van der Waals surface area contributed by atoms with Crippen LogP contribution in [0.5, 0.6) is 0 Å². The first-order valence-electron chi connectivity index (χ1n) is 10.8. The third kappa shape index (κ3) is 3.72. The van der Waals surface area contributed by atoms with E-state index in [9.17, 15) is 8.42 Å². The lowest BCUT2D eigenvalue weighted by Gasteiger charge is -2.44. The van der Waals surface area contributed by atoms with Crippen LogP contribution in [-0.2, 0) is 10.0 Å². The summed E-state index contributed by atoms with van der Waals surface area (Å²) < 4.78 is 28.5. The Morgan fingerprint density at radius 2 is 1.48 bits per heavy atom. The maximum Gasteiger partial charge on any atom is 0.243 e. The molecule has 1 aromatic heterocycles. The maximum atomic E-state index is 13.3. The quantitative estimate of drug-likeness (QED) is 0.622. The zero-order valence-corrected chi connectivity index (χ0v) is 18.2. The first kappa shape index (κ1) is 20.2. The number of rotatable bonds is 4. The van der Waals surface area contributed by atoms with Gasteiger partial charge in [-0.1, -0.05) is 48.5 Å². The Morgan fingerprint density at radius 1 is 0.806 bits per heavy atom. The molecule has 2 aliphatic rings. The summed E-state index contributed by atoms with van der Waals surface area (Å²) >= 11 is 0. The highest BCUT2D eigenvalue weighted by atomic mass is 32.2. The molecule has 2 aromatic carbocycles. The highest BCUT2D eigenvalue weighted by Gasteiger charge is 2.49. The van der Waals surface area contributed by atoms with Crippen molar-refractivity contribution in [3.8, 4) is 11.3 Å². The second-order valence-corrected chi connectivity index (χ2v) is 10.2. The summed E-state index contributed by atoms with van der Waals surface area (Å²) in [6, 6.07) is 20.8. The number of hydrogen-bond acceptors (Lipinski definition) is 5. The fourth-order valence-electron chi connectivity index (χ4n) is 4.90. The van der Waals surface area contributed by atoms with Crippen LogP contribution in [0.1, 0.15) is 25.7 Å². The topological polar surface area (TPSA) is 66.4 Å². The molecule has 5 rings (SSSR count). The van der Waals surface area contributed by atoms with Gasteiger partial charge in [0.1, 0.15) is 0 Å². The SMILES string of the molecule is O=S(=O)(c1ccccc1)N1CCCC12CCN(c1nccc(-c3ccccc3)n1)CC2. The minimum atomic E-state index is -3.49. The fraction of sp³-hybridized carbons (Fsp3) is 0.333. The van der Waals surface area contributed by atoms with E-state index in [2.05, 4.69) is 9.88 Å². The minimum absolute atomic E-state index is 0.303. The van der Waals surface area contributed by atoms with Gasteiger partial charge in [0.2, 0.25) is 16.0 Å². The van der Waals surface area contributed by atoms with Crippen molar-refractivity contribution in [1.29, 1.82) is 0 Å². The molecule has 0 radical (unpaired) electrons. The van der Waals surface area contributed by atoms with Crippen molar-refractivity contribution in [2.75, 3.05) is 24.5 Å². The summed E-state index contributed by atoms with van der Waals surface area (Å²) in [6.45, 7) is 2.09. The van der Waals surface area contributed by atoms with E-state index in [0.29, 0.717) is 17.4 Å². The van der Waals surface area contributed by atoms with Gasteiger partial charge in [0.25, 0.3) is 0 Å². The summed E-state index contributed by atoms with van der Waals surface area (Å²) in [5.74, 6) is 0.715. The Morgan fingerprint density at radius 3 is 2.19 bits per heavy atom. The number of anilines is 1. The number of hydrogen-bond donors (Lipinski definition) is 0. The molecule has 6 nitrogen and oxygen atoms in total. The van der Waals surface area contributed by atoms with E-state index < -0.39 is 10.0 Å². The molecule has 0 N–H and O–H groups in total. The second-order valence-electron chi connectivity index (χ2n) is 8.31. The van der Waals surface area contributed by atoms with Crippen LogP contribution < -0.4 is 4.90 Å². The third-order valence-corrected chi connectivity index (χ3v) is 8.57. The van der Waals surface area contributed by atoms with Crippen molar-refractivity contribution in [2.45, 2.75) is 36.1 Å². The lowest BCUT2D eigenvalue weighted by molar-refractivity contribution is 0.192. The summed E-state index contributed by atoms with van der Waals surface area (Å²) in [5, 5.41) is 0. The number of sulfonamides is 1. The Labute approximate surface area is 183 Å². The third-order valence-electron chi connectivity index (χ3n) is 6.55. The van der Waals surface area contributed by atoms with Crippen LogP contribution in [0.15, 0.2) is 77.8 Å². The maximum absolute atomic E-state index is 13.3. The smallest absolute Gasteiger partial charge is 0.243 e. The lowest BCUT2D eigenvalue weighted by atomic mass is 9.86. The molecule has 0 bridgehead atoms. The molecule has 0 unspecified atom stereocenters. The van der Waals surface area contributed by atoms with Crippen LogP contribution in [0.2, 0.25) is 0 Å². The number of piperidine rings is 1. The molecule has 1 spiro atoms. The van der Waals surface area contributed by atoms with Crippen LogP contribution in [0.4, 0.5) is 5.95 Å². The van der Waals surface area contributed by atoms with Gasteiger partial charge in [-0.3, -0.25) is 0 Å². The first-order valence-corrected chi connectivity index (χ1v) is 12.2. The van der Waals surface area contributed by atoms with Crippen LogP contribution in [-0.4, -0.2) is 47.9 Å². The zero-order valence-electron chi connectivity index (χ0n) is 17.4. The van der Waals surface area contributed by atoms with E-state index in [1.807, 2.05) is 42.5 Å². The highest BCUT2D eigenvalue weighted by Crippen LogP contribution is 2.42. The normalized spacial score (nSPS) is 19.0. The summed E-state index contributed by atoms with van der Waals surface area (Å²) in [7, 11) is -3.49. The van der Waals surface area contributed by atoms with Crippen LogP contribution >= 0.6 is 0 Å². The van der Waals surface area contributed by atoms with E-state index in [-0.39, 0.29) is 5.54 Å². The van der Waals surface area contributed by atoms with E-state index in [0.717, 1.165) is 50.0 Å². The predicted octanol–water partition coefficient (Wildman–Crippen LogP) is 3.97. The predicted molar refractivity (Wildman–Crippen MR) is 121 cm³/mol. The van der Waals surface area contributed by atoms with Gasteiger partial charge in [0, 0.05) is 36.9 Å². The average molecular weight is 435 g/mol. The van der Waals surface area contributed by atoms with E-state index in [4.69, 9.17) is 4.98 Å². The number of benzene rings is 2. The molecular formula is C24H26N4O2S. The minimum Gasteiger partial charge on any atom is -0.341 e. The molecule has 3 heterocycles. The van der Waals surface area contributed by atoms with Gasteiger partial charge in [-0.25, -0.2) is 18.4 Å². The molecule has 0 saturated carbocycles. The van der Waals surface area contributed by atoms with Crippen molar-refractivity contribution in [3.05, 3.63) is 72.9 Å². The van der Waals surface area contributed by atoms with Gasteiger partial charge < -0.3 is 4.90 Å². The van der Waals surface area contributed by atoms with Crippen molar-refractivity contribution in [3.63, 3.8) is 0 Å². The average Bonchev–Trinajstić information content (AvgIpc) is 3.24. The molecule has 0 aliphatic carbocycles. The summed E-state index contributed by atoms with van der Waals surface area (Å²) in [6.07, 6.45) is 5.20. The van der Waals surface area contributed by atoms with E-state index in [1.54, 1.807) is 34.8 Å². The zero-order chi connectivity index (χ0) is 21.3. The number of nitrogens with zero attached hydrogens (tertiary/aromatic N) is 4. The molecule has 160 valence electrons. The Bertz CT molecular complexity index is 1140. The van der Waals surface area contributed by atoms with Gasteiger partial charge in [-0.05, 0) is 43.9 Å². The standard InChI is InChI=1S/C24H26N4O2S/c29-31(30,21-10-5-2-6-11-21)28-17-7-13-24(28)14-18-27(19-15-24)23-25-16-12-22(26-23)20-8-3-1-4-9-20/h1-6,8-12,16H,7,13-15,17-19H2. The van der Waals surface area contributed by atoms with Gasteiger partial charge in [-0.2, -0.15) is 4.31 Å². The largest absolute Gasteiger partial charge is 0.341 e. The number of aromatic nitrogens is 2. The molecule has 0 atom stereocenters. The molecule has 2 saturated heterocycles. The first-order chi connectivity index (χ1) is 15.1. The Kier molecular flexibility index (Phi) is 5.24. The molecular weight excluding hydrogens is 408 g/mol. The molecule has 3 aromatic rings. The van der Waals surface area contributed by atoms with Gasteiger partial charge in [0.15, 0.2) is 0 Å². The van der Waals surface area contributed by atoms with Crippen LogP contribution in [0.3, 0.4) is 0 Å². The van der Waals surface area contributed by atoms with Crippen molar-refractivity contribution >= 4 is 16.0 Å². The van der Waals surface area contributed by atoms with Crippen molar-refractivity contribution < 1.29 is 8.42 Å². The van der Waals surface area contributed by atoms with Crippen LogP contribution in [0, 0.1) is 0 Å². The lowest BCUT2D eigenvalue weighted by Crippen LogP contribution is -2.54. The van der Waals surface area contributed by atoms with Gasteiger partial charge in [-0.15, -0.1) is 0 Å². The molecule has 0 amide bonds. The summed E-state index contributed by atoms with van der Waals surface area (Å²) in [5.41, 5.74) is 1.66. The summed E-state index contributed by atoms with van der Waals surface area (Å²) in [4.78, 5) is 11.9. The molecule has 2 aliphatic heterocycles.